The first-order valence-electron chi connectivity index (χ1n) is 4.76. The number of hydrogen-bond acceptors (Lipinski definition) is 5. The van der Waals surface area contributed by atoms with E-state index in [0.717, 1.165) is 0 Å². The minimum atomic E-state index is -3.35. The Balaban J connectivity index is 3.27. The van der Waals surface area contributed by atoms with Crippen LogP contribution in [0.3, 0.4) is 0 Å². The molecule has 1 aromatic rings. The maximum atomic E-state index is 11.1. The van der Waals surface area contributed by atoms with E-state index >= 15 is 0 Å². The Morgan fingerprint density at radius 2 is 1.53 bits per heavy atom. The smallest absolute Gasteiger partial charge is 0.203 e. The van der Waals surface area contributed by atoms with Crippen LogP contribution in [-0.2, 0) is 15.6 Å². The van der Waals surface area contributed by atoms with Crippen molar-refractivity contribution in [2.45, 2.75) is 5.75 Å². The largest absolute Gasteiger partial charge is 0.493 e. The highest BCUT2D eigenvalue weighted by Gasteiger charge is 2.15. The number of sulfone groups is 1. The lowest BCUT2D eigenvalue weighted by atomic mass is 10.2. The Morgan fingerprint density at radius 1 is 1.06 bits per heavy atom. The molecule has 0 aliphatic heterocycles. The zero-order valence-corrected chi connectivity index (χ0v) is 10.8. The van der Waals surface area contributed by atoms with Gasteiger partial charge in [-0.2, -0.15) is 0 Å². The standard InChI is InChI=1S/C11H15O5S/c1-14-9-5-8(7-17(4,12)13)6-10(15-2)11(9)16-3/h5-6H,4,7H2,1-3H3. The first-order valence-corrected chi connectivity index (χ1v) is 6.58. The summed E-state index contributed by atoms with van der Waals surface area (Å²) >= 11 is 0. The van der Waals surface area contributed by atoms with E-state index in [1.54, 1.807) is 12.1 Å². The van der Waals surface area contributed by atoms with Crippen LogP contribution >= 0.6 is 0 Å². The topological polar surface area (TPSA) is 61.8 Å². The third-order valence-corrected chi connectivity index (χ3v) is 2.88. The predicted octanol–water partition coefficient (Wildman–Crippen LogP) is 1.42. The third kappa shape index (κ3) is 3.52. The fourth-order valence-electron chi connectivity index (χ4n) is 1.47. The quantitative estimate of drug-likeness (QED) is 0.800. The zero-order valence-electron chi connectivity index (χ0n) is 10.0. The van der Waals surface area contributed by atoms with Gasteiger partial charge < -0.3 is 14.2 Å². The van der Waals surface area contributed by atoms with Crippen molar-refractivity contribution < 1.29 is 22.6 Å². The van der Waals surface area contributed by atoms with Crippen molar-refractivity contribution in [2.24, 2.45) is 0 Å². The lowest BCUT2D eigenvalue weighted by molar-refractivity contribution is 0.324. The Bertz CT molecular complexity index is 468. The molecule has 0 unspecified atom stereocenters. The molecule has 95 valence electrons. The summed E-state index contributed by atoms with van der Waals surface area (Å²) in [6.45, 7) is 0. The molecule has 0 aliphatic rings. The molecule has 0 aromatic heterocycles. The predicted molar refractivity (Wildman–Crippen MR) is 64.1 cm³/mol. The summed E-state index contributed by atoms with van der Waals surface area (Å²) in [5.74, 6) is 1.10. The second-order valence-electron chi connectivity index (χ2n) is 3.42. The molecule has 0 atom stereocenters. The van der Waals surface area contributed by atoms with Crippen molar-refractivity contribution in [3.8, 4) is 17.2 Å². The average molecular weight is 259 g/mol. The second kappa shape index (κ2) is 5.27. The van der Waals surface area contributed by atoms with Gasteiger partial charge in [0.2, 0.25) is 5.75 Å². The Hall–Kier alpha value is -1.43. The molecule has 17 heavy (non-hydrogen) atoms. The van der Waals surface area contributed by atoms with Crippen LogP contribution in [0.25, 0.3) is 0 Å². The van der Waals surface area contributed by atoms with E-state index in [1.807, 2.05) is 0 Å². The monoisotopic (exact) mass is 259 g/mol. The minimum absolute atomic E-state index is 0.177. The second-order valence-corrected chi connectivity index (χ2v) is 5.20. The lowest BCUT2D eigenvalue weighted by Gasteiger charge is -2.13. The van der Waals surface area contributed by atoms with Crippen LogP contribution in [0.15, 0.2) is 12.1 Å². The first-order chi connectivity index (χ1) is 7.91. The lowest BCUT2D eigenvalue weighted by Crippen LogP contribution is -2.01. The van der Waals surface area contributed by atoms with E-state index in [0.29, 0.717) is 22.8 Å². The molecule has 0 bridgehead atoms. The molecule has 0 saturated carbocycles. The summed E-state index contributed by atoms with van der Waals surface area (Å²) in [6, 6.07) is 3.17. The highest BCUT2D eigenvalue weighted by molar-refractivity contribution is 7.91. The number of methoxy groups -OCH3 is 3. The molecule has 0 heterocycles. The fraction of sp³-hybridized carbons (Fsp3) is 0.364. The summed E-state index contributed by atoms with van der Waals surface area (Å²) in [6.07, 6.45) is 3.08. The van der Waals surface area contributed by atoms with Crippen molar-refractivity contribution in [1.29, 1.82) is 0 Å². The average Bonchev–Trinajstić information content (AvgIpc) is 2.25. The van der Waals surface area contributed by atoms with Crippen molar-refractivity contribution in [2.75, 3.05) is 21.3 Å². The van der Waals surface area contributed by atoms with Crippen LogP contribution in [0.2, 0.25) is 0 Å². The molecule has 0 amide bonds. The van der Waals surface area contributed by atoms with E-state index in [-0.39, 0.29) is 5.75 Å². The highest BCUT2D eigenvalue weighted by Crippen LogP contribution is 2.38. The molecule has 0 aliphatic carbocycles. The van der Waals surface area contributed by atoms with Gasteiger partial charge in [0.15, 0.2) is 21.3 Å². The van der Waals surface area contributed by atoms with Gasteiger partial charge >= 0.3 is 0 Å². The Morgan fingerprint density at radius 3 is 1.82 bits per heavy atom. The Labute approximate surface area is 101 Å². The van der Waals surface area contributed by atoms with Gasteiger partial charge in [-0.3, -0.25) is 0 Å². The van der Waals surface area contributed by atoms with E-state index in [1.165, 1.54) is 21.3 Å². The van der Waals surface area contributed by atoms with Crippen LogP contribution in [0.4, 0.5) is 0 Å². The van der Waals surface area contributed by atoms with Gasteiger partial charge in [0.05, 0.1) is 33.3 Å². The molecular weight excluding hydrogens is 244 g/mol. The van der Waals surface area contributed by atoms with E-state index in [2.05, 4.69) is 6.26 Å². The van der Waals surface area contributed by atoms with Crippen molar-refractivity contribution in [1.82, 2.24) is 0 Å². The van der Waals surface area contributed by atoms with Crippen LogP contribution in [0, 0.1) is 6.26 Å². The van der Waals surface area contributed by atoms with Crippen LogP contribution in [0.5, 0.6) is 17.2 Å². The van der Waals surface area contributed by atoms with Crippen LogP contribution in [-0.4, -0.2) is 29.7 Å². The van der Waals surface area contributed by atoms with Crippen molar-refractivity contribution in [3.63, 3.8) is 0 Å². The molecule has 6 heteroatoms. The summed E-state index contributed by atoms with van der Waals surface area (Å²) in [4.78, 5) is 0. The highest BCUT2D eigenvalue weighted by atomic mass is 32.2. The SMILES string of the molecule is [CH2]S(=O)(=O)Cc1cc(OC)c(OC)c(OC)c1. The van der Waals surface area contributed by atoms with Gasteiger partial charge in [-0.05, 0) is 17.7 Å². The van der Waals surface area contributed by atoms with Gasteiger partial charge in [-0.1, -0.05) is 0 Å². The van der Waals surface area contributed by atoms with Crippen molar-refractivity contribution >= 4 is 9.84 Å². The minimum Gasteiger partial charge on any atom is -0.493 e. The molecular formula is C11H15O5S. The van der Waals surface area contributed by atoms with E-state index in [9.17, 15) is 8.42 Å². The number of rotatable bonds is 5. The van der Waals surface area contributed by atoms with E-state index < -0.39 is 9.84 Å². The van der Waals surface area contributed by atoms with Gasteiger partial charge in [-0.25, -0.2) is 8.42 Å². The molecule has 0 fully saturated rings. The summed E-state index contributed by atoms with van der Waals surface area (Å²) in [5, 5.41) is 0. The van der Waals surface area contributed by atoms with Crippen molar-refractivity contribution in [3.05, 3.63) is 24.0 Å². The molecule has 1 radical (unpaired) electrons. The molecule has 0 N–H and O–H groups in total. The normalized spacial score (nSPS) is 11.1. The van der Waals surface area contributed by atoms with Gasteiger partial charge in [0.1, 0.15) is 0 Å². The van der Waals surface area contributed by atoms with Crippen LogP contribution in [0.1, 0.15) is 5.56 Å². The summed E-state index contributed by atoms with van der Waals surface area (Å²) in [7, 11) is 1.08. The fourth-order valence-corrected chi connectivity index (χ4v) is 2.15. The van der Waals surface area contributed by atoms with Crippen LogP contribution < -0.4 is 14.2 Å². The number of benzene rings is 1. The third-order valence-electron chi connectivity index (χ3n) is 2.11. The van der Waals surface area contributed by atoms with Gasteiger partial charge in [0, 0.05) is 0 Å². The van der Waals surface area contributed by atoms with Gasteiger partial charge in [0.25, 0.3) is 0 Å². The molecule has 1 aromatic carbocycles. The maximum Gasteiger partial charge on any atom is 0.203 e. The Kier molecular flexibility index (Phi) is 4.22. The summed E-state index contributed by atoms with van der Waals surface area (Å²) < 4.78 is 37.6. The number of ether oxygens (including phenoxy) is 3. The number of hydrogen-bond donors (Lipinski definition) is 0. The molecule has 1 rings (SSSR count). The summed E-state index contributed by atoms with van der Waals surface area (Å²) in [5.41, 5.74) is 0.537. The van der Waals surface area contributed by atoms with Gasteiger partial charge in [-0.15, -0.1) is 0 Å². The molecule has 0 saturated heterocycles. The molecule has 5 nitrogen and oxygen atoms in total. The van der Waals surface area contributed by atoms with E-state index in [4.69, 9.17) is 14.2 Å². The first kappa shape index (κ1) is 13.6. The zero-order chi connectivity index (χ0) is 13.1. The maximum absolute atomic E-state index is 11.1. The molecule has 0 spiro atoms.